The highest BCUT2D eigenvalue weighted by Gasteiger charge is 2.23. The van der Waals surface area contributed by atoms with Crippen LogP contribution in [0.15, 0.2) is 24.3 Å². The van der Waals surface area contributed by atoms with E-state index in [0.717, 1.165) is 51.5 Å². The lowest BCUT2D eigenvalue weighted by Crippen LogP contribution is -2.50. The maximum Gasteiger partial charge on any atom is 0.223 e. The number of hydrogen-bond acceptors (Lipinski definition) is 4. The van der Waals surface area contributed by atoms with E-state index >= 15 is 0 Å². The van der Waals surface area contributed by atoms with Crippen LogP contribution in [0.1, 0.15) is 19.3 Å². The van der Waals surface area contributed by atoms with Gasteiger partial charge in [-0.25, -0.2) is 4.39 Å². The molecule has 2 heterocycles. The van der Waals surface area contributed by atoms with Crippen LogP contribution in [0.25, 0.3) is 0 Å². The molecule has 6 heteroatoms. The monoisotopic (exact) mass is 348 g/mol. The quantitative estimate of drug-likeness (QED) is 0.876. The lowest BCUT2D eigenvalue weighted by Gasteiger charge is -2.37. The Balaban J connectivity index is 1.41. The molecule has 0 bridgehead atoms. The molecule has 2 fully saturated rings. The zero-order valence-electron chi connectivity index (χ0n) is 15.1. The summed E-state index contributed by atoms with van der Waals surface area (Å²) in [5.41, 5.74) is 1.03. The number of benzene rings is 1. The van der Waals surface area contributed by atoms with Crippen LogP contribution in [-0.2, 0) is 4.79 Å². The third-order valence-electron chi connectivity index (χ3n) is 5.38. The predicted octanol–water partition coefficient (Wildman–Crippen LogP) is 1.55. The van der Waals surface area contributed by atoms with E-state index < -0.39 is 0 Å². The smallest absolute Gasteiger partial charge is 0.223 e. The summed E-state index contributed by atoms with van der Waals surface area (Å²) >= 11 is 0. The fourth-order valence-electron chi connectivity index (χ4n) is 3.77. The molecule has 0 saturated carbocycles. The molecular formula is C19H29FN4O. The van der Waals surface area contributed by atoms with Crippen molar-refractivity contribution in [1.82, 2.24) is 15.1 Å². The second-order valence-corrected chi connectivity index (χ2v) is 7.02. The molecule has 0 aromatic heterocycles. The van der Waals surface area contributed by atoms with Gasteiger partial charge in [0.25, 0.3) is 0 Å². The highest BCUT2D eigenvalue weighted by atomic mass is 19.1. The van der Waals surface area contributed by atoms with Gasteiger partial charge in [-0.2, -0.15) is 0 Å². The average Bonchev–Trinajstić information content (AvgIpc) is 2.67. The van der Waals surface area contributed by atoms with Crippen LogP contribution >= 0.6 is 0 Å². The molecule has 1 N–H and O–H groups in total. The number of rotatable bonds is 5. The summed E-state index contributed by atoms with van der Waals surface area (Å²) in [6.45, 7) is 6.11. The number of likely N-dealkylation sites (tertiary alicyclic amines) is 1. The van der Waals surface area contributed by atoms with E-state index in [1.807, 2.05) is 11.9 Å². The highest BCUT2D eigenvalue weighted by molar-refractivity contribution is 5.76. The second-order valence-electron chi connectivity index (χ2n) is 7.02. The Labute approximate surface area is 149 Å². The number of piperidine rings is 1. The molecule has 25 heavy (non-hydrogen) atoms. The van der Waals surface area contributed by atoms with Crippen molar-refractivity contribution in [3.8, 4) is 0 Å². The van der Waals surface area contributed by atoms with Crippen LogP contribution in [0, 0.1) is 5.82 Å². The van der Waals surface area contributed by atoms with Gasteiger partial charge in [0.1, 0.15) is 5.82 Å². The molecule has 1 amide bonds. The van der Waals surface area contributed by atoms with E-state index in [1.54, 1.807) is 12.1 Å². The van der Waals surface area contributed by atoms with Gasteiger partial charge in [0, 0.05) is 57.4 Å². The summed E-state index contributed by atoms with van der Waals surface area (Å²) < 4.78 is 13.0. The third kappa shape index (κ3) is 4.92. The minimum absolute atomic E-state index is 0.212. The van der Waals surface area contributed by atoms with Crippen molar-refractivity contribution in [3.63, 3.8) is 0 Å². The Bertz CT molecular complexity index is 557. The Morgan fingerprint density at radius 3 is 2.56 bits per heavy atom. The first-order valence-electron chi connectivity index (χ1n) is 9.33. The van der Waals surface area contributed by atoms with E-state index in [9.17, 15) is 9.18 Å². The van der Waals surface area contributed by atoms with Gasteiger partial charge in [-0.15, -0.1) is 0 Å². The molecule has 1 aromatic carbocycles. The molecule has 2 aliphatic heterocycles. The summed E-state index contributed by atoms with van der Waals surface area (Å²) in [5.74, 6) is 0.0427. The second kappa shape index (κ2) is 8.63. The van der Waals surface area contributed by atoms with Crippen molar-refractivity contribution in [1.29, 1.82) is 0 Å². The number of amides is 1. The van der Waals surface area contributed by atoms with Crippen molar-refractivity contribution < 1.29 is 9.18 Å². The number of carbonyl (C=O) groups excluding carboxylic acids is 1. The first kappa shape index (κ1) is 18.1. The SMILES string of the molecule is CNC1CCCN(CCC(=O)N2CCN(c3ccc(F)cc3)CC2)C1. The highest BCUT2D eigenvalue weighted by Crippen LogP contribution is 2.17. The molecule has 1 unspecified atom stereocenters. The zero-order chi connectivity index (χ0) is 17.6. The topological polar surface area (TPSA) is 38.8 Å². The van der Waals surface area contributed by atoms with E-state index in [-0.39, 0.29) is 11.7 Å². The fraction of sp³-hybridized carbons (Fsp3) is 0.632. The Morgan fingerprint density at radius 2 is 1.88 bits per heavy atom. The Kier molecular flexibility index (Phi) is 6.26. The molecule has 138 valence electrons. The van der Waals surface area contributed by atoms with Crippen molar-refractivity contribution in [2.45, 2.75) is 25.3 Å². The van der Waals surface area contributed by atoms with Crippen LogP contribution in [0.2, 0.25) is 0 Å². The first-order chi connectivity index (χ1) is 12.2. The summed E-state index contributed by atoms with van der Waals surface area (Å²) in [4.78, 5) is 19.1. The van der Waals surface area contributed by atoms with Crippen LogP contribution in [-0.4, -0.2) is 74.6 Å². The van der Waals surface area contributed by atoms with Crippen LogP contribution in [0.4, 0.5) is 10.1 Å². The number of hydrogen-bond donors (Lipinski definition) is 1. The Morgan fingerprint density at radius 1 is 1.16 bits per heavy atom. The van der Waals surface area contributed by atoms with Gasteiger partial charge in [-0.05, 0) is 50.7 Å². The maximum atomic E-state index is 13.0. The summed E-state index contributed by atoms with van der Waals surface area (Å²) in [6, 6.07) is 7.15. The number of anilines is 1. The molecule has 0 spiro atoms. The number of nitrogens with one attached hydrogen (secondary N) is 1. The molecule has 0 aliphatic carbocycles. The number of halogens is 1. The van der Waals surface area contributed by atoms with Gasteiger partial charge >= 0.3 is 0 Å². The van der Waals surface area contributed by atoms with Gasteiger partial charge in [0.15, 0.2) is 0 Å². The van der Waals surface area contributed by atoms with Gasteiger partial charge in [-0.1, -0.05) is 0 Å². The number of likely N-dealkylation sites (N-methyl/N-ethyl adjacent to an activating group) is 1. The number of carbonyl (C=O) groups is 1. The van der Waals surface area contributed by atoms with E-state index in [4.69, 9.17) is 0 Å². The van der Waals surface area contributed by atoms with Crippen molar-refractivity contribution in [2.24, 2.45) is 0 Å². The van der Waals surface area contributed by atoms with Crippen LogP contribution < -0.4 is 10.2 Å². The van der Waals surface area contributed by atoms with E-state index in [1.165, 1.54) is 25.0 Å². The summed E-state index contributed by atoms with van der Waals surface area (Å²) in [6.07, 6.45) is 3.04. The summed E-state index contributed by atoms with van der Waals surface area (Å²) in [5, 5.41) is 3.34. The van der Waals surface area contributed by atoms with Gasteiger partial charge in [0.2, 0.25) is 5.91 Å². The first-order valence-corrected chi connectivity index (χ1v) is 9.33. The van der Waals surface area contributed by atoms with Gasteiger partial charge < -0.3 is 20.0 Å². The van der Waals surface area contributed by atoms with E-state index in [2.05, 4.69) is 15.1 Å². The number of nitrogens with zero attached hydrogens (tertiary/aromatic N) is 3. The lowest BCUT2D eigenvalue weighted by atomic mass is 10.1. The molecule has 3 rings (SSSR count). The molecule has 5 nitrogen and oxygen atoms in total. The molecule has 2 saturated heterocycles. The third-order valence-corrected chi connectivity index (χ3v) is 5.38. The molecule has 0 radical (unpaired) electrons. The minimum atomic E-state index is -0.212. The van der Waals surface area contributed by atoms with Gasteiger partial charge in [-0.3, -0.25) is 4.79 Å². The lowest BCUT2D eigenvalue weighted by molar-refractivity contribution is -0.131. The zero-order valence-corrected chi connectivity index (χ0v) is 15.1. The molecule has 2 aliphatic rings. The van der Waals surface area contributed by atoms with Crippen molar-refractivity contribution >= 4 is 11.6 Å². The van der Waals surface area contributed by atoms with Crippen LogP contribution in [0.3, 0.4) is 0 Å². The summed E-state index contributed by atoms with van der Waals surface area (Å²) in [7, 11) is 2.01. The largest absolute Gasteiger partial charge is 0.368 e. The van der Waals surface area contributed by atoms with E-state index in [0.29, 0.717) is 12.5 Å². The normalized spacial score (nSPS) is 22.2. The van der Waals surface area contributed by atoms with Crippen LogP contribution in [0.5, 0.6) is 0 Å². The molecular weight excluding hydrogens is 319 g/mol. The maximum absolute atomic E-state index is 13.0. The fourth-order valence-corrected chi connectivity index (χ4v) is 3.77. The number of piperazine rings is 1. The average molecular weight is 348 g/mol. The van der Waals surface area contributed by atoms with Crippen molar-refractivity contribution in [3.05, 3.63) is 30.1 Å². The van der Waals surface area contributed by atoms with Gasteiger partial charge in [0.05, 0.1) is 0 Å². The standard InChI is InChI=1S/C19H29FN4O/c1-21-17-3-2-9-22(15-17)10-8-19(25)24-13-11-23(12-14-24)18-6-4-16(20)5-7-18/h4-7,17,21H,2-3,8-15H2,1H3. The minimum Gasteiger partial charge on any atom is -0.368 e. The van der Waals surface area contributed by atoms with Crippen molar-refractivity contribution in [2.75, 3.05) is 57.8 Å². The molecule has 1 atom stereocenters. The predicted molar refractivity (Wildman–Crippen MR) is 98.3 cm³/mol. The molecule has 1 aromatic rings. The Hall–Kier alpha value is -1.66.